The molecule has 0 aliphatic rings. The van der Waals surface area contributed by atoms with Gasteiger partial charge < -0.3 is 9.97 Å². The maximum absolute atomic E-state index is 11.3. The number of hydrogen-bond donors (Lipinski definition) is 2. The van der Waals surface area contributed by atoms with E-state index in [0.29, 0.717) is 11.0 Å². The lowest BCUT2D eigenvalue weighted by molar-refractivity contribution is 1.15. The Balaban J connectivity index is 2.26. The van der Waals surface area contributed by atoms with Crippen molar-refractivity contribution in [1.29, 1.82) is 0 Å². The number of aromatic nitrogens is 3. The van der Waals surface area contributed by atoms with Crippen molar-refractivity contribution < 1.29 is 0 Å². The Morgan fingerprint density at radius 2 is 1.67 bits per heavy atom. The summed E-state index contributed by atoms with van der Waals surface area (Å²) >= 11 is 0. The van der Waals surface area contributed by atoms with E-state index in [-0.39, 0.29) is 0 Å². The molecule has 0 aliphatic carbocycles. The van der Waals surface area contributed by atoms with E-state index in [1.807, 2.05) is 24.3 Å². The lowest BCUT2D eigenvalue weighted by Gasteiger charge is -2.02. The predicted molar refractivity (Wildman–Crippen MR) is 68.4 cm³/mol. The predicted octanol–water partition coefficient (Wildman–Crippen LogP) is 1.28. The highest BCUT2D eigenvalue weighted by atomic mass is 16.2. The van der Waals surface area contributed by atoms with Gasteiger partial charge >= 0.3 is 11.1 Å². The largest absolute Gasteiger partial charge is 0.316 e. The number of fused-ring (bicyclic) bond motifs is 1. The van der Waals surface area contributed by atoms with Crippen LogP contribution < -0.4 is 11.1 Å². The molecule has 0 amide bonds. The van der Waals surface area contributed by atoms with Gasteiger partial charge in [0.25, 0.3) is 0 Å². The normalized spacial score (nSPS) is 10.7. The van der Waals surface area contributed by atoms with Gasteiger partial charge in [0.15, 0.2) is 0 Å². The number of aromatic amines is 2. The zero-order chi connectivity index (χ0) is 12.5. The summed E-state index contributed by atoms with van der Waals surface area (Å²) in [4.78, 5) is 31.6. The molecule has 0 unspecified atom stereocenters. The van der Waals surface area contributed by atoms with Crippen LogP contribution in [0.1, 0.15) is 0 Å². The fourth-order valence-electron chi connectivity index (χ4n) is 1.83. The average molecular weight is 239 g/mol. The van der Waals surface area contributed by atoms with Crippen molar-refractivity contribution in [2.75, 3.05) is 0 Å². The number of pyridine rings is 1. The van der Waals surface area contributed by atoms with Crippen molar-refractivity contribution in [2.45, 2.75) is 0 Å². The molecule has 0 radical (unpaired) electrons. The molecule has 0 saturated heterocycles. The highest BCUT2D eigenvalue weighted by Gasteiger charge is 2.02. The van der Waals surface area contributed by atoms with E-state index in [1.54, 1.807) is 18.5 Å². The van der Waals surface area contributed by atoms with E-state index in [9.17, 15) is 9.59 Å². The van der Waals surface area contributed by atoms with E-state index in [4.69, 9.17) is 0 Å². The van der Waals surface area contributed by atoms with Gasteiger partial charge in [0.1, 0.15) is 0 Å². The first kappa shape index (κ1) is 10.5. The van der Waals surface area contributed by atoms with Crippen LogP contribution in [0.4, 0.5) is 0 Å². The Morgan fingerprint density at radius 1 is 0.889 bits per heavy atom. The fraction of sp³-hybridized carbons (Fsp3) is 0. The molecule has 0 atom stereocenters. The van der Waals surface area contributed by atoms with Crippen molar-refractivity contribution in [3.8, 4) is 11.1 Å². The Hall–Kier alpha value is -2.69. The molecular formula is C13H9N3O2. The van der Waals surface area contributed by atoms with Crippen LogP contribution in [0.25, 0.3) is 22.2 Å². The fourth-order valence-corrected chi connectivity index (χ4v) is 1.83. The maximum atomic E-state index is 11.3. The van der Waals surface area contributed by atoms with Crippen LogP contribution in [0, 0.1) is 0 Å². The summed E-state index contributed by atoms with van der Waals surface area (Å²) in [5, 5.41) is 0. The van der Waals surface area contributed by atoms with Gasteiger partial charge in [0.2, 0.25) is 0 Å². The van der Waals surface area contributed by atoms with E-state index >= 15 is 0 Å². The Kier molecular flexibility index (Phi) is 2.30. The third-order valence-electron chi connectivity index (χ3n) is 2.72. The summed E-state index contributed by atoms with van der Waals surface area (Å²) in [5.41, 5.74) is 1.79. The number of nitrogens with zero attached hydrogens (tertiary/aromatic N) is 1. The van der Waals surface area contributed by atoms with Gasteiger partial charge in [-0.2, -0.15) is 0 Å². The molecule has 3 rings (SSSR count). The van der Waals surface area contributed by atoms with E-state index in [0.717, 1.165) is 11.1 Å². The molecule has 1 aromatic carbocycles. The summed E-state index contributed by atoms with van der Waals surface area (Å²) in [6.07, 6.45) is 3.44. The average Bonchev–Trinajstić information content (AvgIpc) is 2.41. The van der Waals surface area contributed by atoms with Crippen molar-refractivity contribution in [2.24, 2.45) is 0 Å². The third kappa shape index (κ3) is 1.71. The SMILES string of the molecule is O=c1[nH]c2ccc(-c3cccnc3)cc2[nH]c1=O. The number of benzene rings is 1. The van der Waals surface area contributed by atoms with Gasteiger partial charge in [-0.05, 0) is 23.8 Å². The lowest BCUT2D eigenvalue weighted by Crippen LogP contribution is -2.28. The first-order valence-corrected chi connectivity index (χ1v) is 5.41. The van der Waals surface area contributed by atoms with E-state index in [1.165, 1.54) is 0 Å². The molecule has 0 saturated carbocycles. The zero-order valence-corrected chi connectivity index (χ0v) is 9.31. The van der Waals surface area contributed by atoms with Crippen molar-refractivity contribution >= 4 is 11.0 Å². The number of rotatable bonds is 1. The van der Waals surface area contributed by atoms with Gasteiger partial charge in [0, 0.05) is 18.0 Å². The molecule has 5 nitrogen and oxygen atoms in total. The van der Waals surface area contributed by atoms with Gasteiger partial charge in [-0.3, -0.25) is 14.6 Å². The van der Waals surface area contributed by atoms with Gasteiger partial charge in [-0.25, -0.2) is 0 Å². The molecule has 88 valence electrons. The van der Waals surface area contributed by atoms with Crippen LogP contribution >= 0.6 is 0 Å². The molecule has 0 bridgehead atoms. The van der Waals surface area contributed by atoms with Gasteiger partial charge in [-0.1, -0.05) is 12.1 Å². The van der Waals surface area contributed by atoms with Gasteiger partial charge in [0.05, 0.1) is 11.0 Å². The van der Waals surface area contributed by atoms with Crippen LogP contribution in [0.15, 0.2) is 52.3 Å². The van der Waals surface area contributed by atoms with Crippen LogP contribution in [0.5, 0.6) is 0 Å². The summed E-state index contributed by atoms with van der Waals surface area (Å²) < 4.78 is 0. The second-order valence-electron chi connectivity index (χ2n) is 3.91. The molecular weight excluding hydrogens is 230 g/mol. The van der Waals surface area contributed by atoms with E-state index in [2.05, 4.69) is 15.0 Å². The molecule has 2 heterocycles. The zero-order valence-electron chi connectivity index (χ0n) is 9.31. The summed E-state index contributed by atoms with van der Waals surface area (Å²) in [5.74, 6) is 0. The first-order chi connectivity index (χ1) is 8.74. The second-order valence-corrected chi connectivity index (χ2v) is 3.91. The van der Waals surface area contributed by atoms with Crippen LogP contribution in [0.2, 0.25) is 0 Å². The maximum Gasteiger partial charge on any atom is 0.314 e. The quantitative estimate of drug-likeness (QED) is 0.628. The molecule has 0 spiro atoms. The minimum atomic E-state index is -0.647. The summed E-state index contributed by atoms with van der Waals surface area (Å²) in [7, 11) is 0. The molecule has 2 N–H and O–H groups in total. The Labute approximate surface area is 101 Å². The number of nitrogens with one attached hydrogen (secondary N) is 2. The minimum absolute atomic E-state index is 0.598. The smallest absolute Gasteiger partial charge is 0.314 e. The Bertz CT molecular complexity index is 819. The monoisotopic (exact) mass is 239 g/mol. The molecule has 18 heavy (non-hydrogen) atoms. The molecule has 3 aromatic rings. The van der Waals surface area contributed by atoms with Crippen LogP contribution in [0.3, 0.4) is 0 Å². The summed E-state index contributed by atoms with van der Waals surface area (Å²) in [6, 6.07) is 9.21. The highest BCUT2D eigenvalue weighted by Crippen LogP contribution is 2.20. The standard InChI is InChI=1S/C13H9N3O2/c17-12-13(18)16-11-6-8(3-4-10(11)15-12)9-2-1-5-14-7-9/h1-7H,(H,15,17)(H,16,18). The van der Waals surface area contributed by atoms with Crippen molar-refractivity contribution in [1.82, 2.24) is 15.0 Å². The van der Waals surface area contributed by atoms with Crippen LogP contribution in [-0.4, -0.2) is 15.0 Å². The second kappa shape index (κ2) is 3.96. The third-order valence-corrected chi connectivity index (χ3v) is 2.72. The van der Waals surface area contributed by atoms with Crippen molar-refractivity contribution in [3.05, 3.63) is 63.4 Å². The molecule has 0 fully saturated rings. The van der Waals surface area contributed by atoms with Gasteiger partial charge in [-0.15, -0.1) is 0 Å². The summed E-state index contributed by atoms with van der Waals surface area (Å²) in [6.45, 7) is 0. The Morgan fingerprint density at radius 3 is 2.39 bits per heavy atom. The molecule has 5 heteroatoms. The number of hydrogen-bond acceptors (Lipinski definition) is 3. The van der Waals surface area contributed by atoms with Crippen LogP contribution in [-0.2, 0) is 0 Å². The first-order valence-electron chi connectivity index (χ1n) is 5.41. The van der Waals surface area contributed by atoms with E-state index < -0.39 is 11.1 Å². The highest BCUT2D eigenvalue weighted by molar-refractivity contribution is 5.80. The molecule has 0 aliphatic heterocycles. The lowest BCUT2D eigenvalue weighted by atomic mass is 10.1. The number of H-pyrrole nitrogens is 2. The molecule has 2 aromatic heterocycles. The minimum Gasteiger partial charge on any atom is -0.316 e. The topological polar surface area (TPSA) is 78.6 Å². The van der Waals surface area contributed by atoms with Crippen molar-refractivity contribution in [3.63, 3.8) is 0 Å².